The molecule has 6 atom stereocenters. The molecule has 2 heterocycles. The predicted octanol–water partition coefficient (Wildman–Crippen LogP) is 1.70. The Hall–Kier alpha value is -1.14. The molecular weight excluding hydrogens is 312 g/mol. The summed E-state index contributed by atoms with van der Waals surface area (Å²) in [7, 11) is 0. The van der Waals surface area contributed by atoms with Crippen LogP contribution in [0.2, 0.25) is 0 Å². The van der Waals surface area contributed by atoms with Crippen LogP contribution in [0.4, 0.5) is 0 Å². The molecule has 24 heavy (non-hydrogen) atoms. The molecule has 2 aliphatic heterocycles. The highest BCUT2D eigenvalue weighted by atomic mass is 16.6. The molecule has 2 saturated heterocycles. The van der Waals surface area contributed by atoms with Crippen LogP contribution in [0.25, 0.3) is 0 Å². The predicted molar refractivity (Wildman–Crippen MR) is 83.1 cm³/mol. The molecule has 6 nitrogen and oxygen atoms in total. The maximum atomic E-state index is 12.2. The molecule has 0 aromatic rings. The summed E-state index contributed by atoms with van der Waals surface area (Å²) >= 11 is 0. The first-order chi connectivity index (χ1) is 11.7. The molecule has 134 valence electrons. The van der Waals surface area contributed by atoms with Gasteiger partial charge in [-0.3, -0.25) is 9.59 Å². The first-order valence-electron chi connectivity index (χ1n) is 9.25. The Morgan fingerprint density at radius 1 is 0.750 bits per heavy atom. The average Bonchev–Trinajstić information content (AvgIpc) is 3.50. The lowest BCUT2D eigenvalue weighted by Crippen LogP contribution is -2.37. The second-order valence-electron chi connectivity index (χ2n) is 7.71. The second kappa shape index (κ2) is 7.00. The van der Waals surface area contributed by atoms with Crippen molar-refractivity contribution < 1.29 is 28.5 Å². The first kappa shape index (κ1) is 16.3. The van der Waals surface area contributed by atoms with Crippen LogP contribution >= 0.6 is 0 Å². The minimum absolute atomic E-state index is 0.0283. The topological polar surface area (TPSA) is 77.7 Å². The van der Waals surface area contributed by atoms with Crippen molar-refractivity contribution in [2.24, 2.45) is 23.7 Å². The molecular formula is C18H26O6. The Kier molecular flexibility index (Phi) is 4.77. The number of hydrogen-bond acceptors (Lipinski definition) is 6. The zero-order chi connectivity index (χ0) is 16.5. The maximum absolute atomic E-state index is 12.2. The van der Waals surface area contributed by atoms with Crippen molar-refractivity contribution >= 4 is 11.9 Å². The summed E-state index contributed by atoms with van der Waals surface area (Å²) in [6.45, 7) is 2.24. The number of carbonyl (C=O) groups is 2. The van der Waals surface area contributed by atoms with Gasteiger partial charge in [0.05, 0.1) is 25.0 Å². The fraction of sp³-hybridized carbons (Fsp3) is 0.889. The third-order valence-electron chi connectivity index (χ3n) is 5.91. The van der Waals surface area contributed by atoms with E-state index in [2.05, 4.69) is 0 Å². The summed E-state index contributed by atoms with van der Waals surface area (Å²) in [5, 5.41) is 0. The van der Waals surface area contributed by atoms with Crippen LogP contribution in [0, 0.1) is 23.7 Å². The fourth-order valence-electron chi connectivity index (χ4n) is 4.23. The molecule has 0 radical (unpaired) electrons. The van der Waals surface area contributed by atoms with Crippen molar-refractivity contribution in [3.63, 3.8) is 0 Å². The van der Waals surface area contributed by atoms with Crippen LogP contribution in [-0.4, -0.2) is 50.6 Å². The molecule has 0 aromatic carbocycles. The van der Waals surface area contributed by atoms with Gasteiger partial charge in [0.15, 0.2) is 0 Å². The van der Waals surface area contributed by atoms with Gasteiger partial charge in [0, 0.05) is 0 Å². The quantitative estimate of drug-likeness (QED) is 0.542. The number of rotatable bonds is 6. The summed E-state index contributed by atoms with van der Waals surface area (Å²) in [5.41, 5.74) is 0. The molecule has 0 N–H and O–H groups in total. The van der Waals surface area contributed by atoms with Crippen LogP contribution in [0.5, 0.6) is 0 Å². The molecule has 2 aliphatic carbocycles. The molecule has 6 unspecified atom stereocenters. The lowest BCUT2D eigenvalue weighted by Gasteiger charge is -2.40. The van der Waals surface area contributed by atoms with Crippen LogP contribution < -0.4 is 0 Å². The van der Waals surface area contributed by atoms with Gasteiger partial charge in [-0.25, -0.2) is 0 Å². The van der Waals surface area contributed by atoms with Crippen LogP contribution in [-0.2, 0) is 28.5 Å². The van der Waals surface area contributed by atoms with Gasteiger partial charge >= 0.3 is 11.9 Å². The fourth-order valence-corrected chi connectivity index (χ4v) is 4.23. The smallest absolute Gasteiger partial charge is 0.309 e. The van der Waals surface area contributed by atoms with Gasteiger partial charge in [-0.2, -0.15) is 0 Å². The van der Waals surface area contributed by atoms with Crippen molar-refractivity contribution in [2.75, 3.05) is 26.4 Å². The molecule has 0 spiro atoms. The minimum atomic E-state index is -0.0603. The van der Waals surface area contributed by atoms with Crippen molar-refractivity contribution in [3.8, 4) is 0 Å². The van der Waals surface area contributed by atoms with E-state index in [4.69, 9.17) is 18.9 Å². The normalized spacial score (nSPS) is 40.3. The van der Waals surface area contributed by atoms with Gasteiger partial charge in [-0.05, 0) is 50.4 Å². The summed E-state index contributed by atoms with van der Waals surface area (Å²) < 4.78 is 20.9. The first-order valence-corrected chi connectivity index (χ1v) is 9.25. The van der Waals surface area contributed by atoms with E-state index < -0.39 is 0 Å². The molecule has 0 amide bonds. The number of esters is 2. The van der Waals surface area contributed by atoms with Gasteiger partial charge < -0.3 is 18.9 Å². The summed E-state index contributed by atoms with van der Waals surface area (Å²) in [6.07, 6.45) is 5.87. The summed E-state index contributed by atoms with van der Waals surface area (Å²) in [6, 6.07) is 0. The van der Waals surface area contributed by atoms with Crippen LogP contribution in [0.1, 0.15) is 38.5 Å². The Labute approximate surface area is 142 Å². The maximum Gasteiger partial charge on any atom is 0.309 e. The summed E-state index contributed by atoms with van der Waals surface area (Å²) in [5.74, 6) is 1.03. The lowest BCUT2D eigenvalue weighted by molar-refractivity contribution is -0.155. The van der Waals surface area contributed by atoms with E-state index in [9.17, 15) is 9.59 Å². The third kappa shape index (κ3) is 4.09. The number of ether oxygens (including phenoxy) is 4. The lowest BCUT2D eigenvalue weighted by atomic mass is 9.65. The standard InChI is InChI=1S/C18H26O6/c19-17(23-9-15-7-21-15)13-3-1-11-5-14(4-2-12(11)6-13)18(20)24-10-16-8-22-16/h11-16H,1-10H2. The zero-order valence-electron chi connectivity index (χ0n) is 14.0. The van der Waals surface area contributed by atoms with Gasteiger partial charge in [-0.15, -0.1) is 0 Å². The van der Waals surface area contributed by atoms with E-state index >= 15 is 0 Å². The molecule has 0 aromatic heterocycles. The number of hydrogen-bond donors (Lipinski definition) is 0. The molecule has 0 bridgehead atoms. The van der Waals surface area contributed by atoms with Crippen molar-refractivity contribution in [3.05, 3.63) is 0 Å². The highest BCUT2D eigenvalue weighted by molar-refractivity contribution is 5.73. The number of epoxide rings is 2. The molecule has 4 rings (SSSR count). The number of carbonyl (C=O) groups excluding carboxylic acids is 2. The largest absolute Gasteiger partial charge is 0.463 e. The van der Waals surface area contributed by atoms with E-state index in [1.807, 2.05) is 0 Å². The monoisotopic (exact) mass is 338 g/mol. The number of fused-ring (bicyclic) bond motifs is 1. The molecule has 4 fully saturated rings. The Morgan fingerprint density at radius 3 is 1.54 bits per heavy atom. The molecule has 2 saturated carbocycles. The van der Waals surface area contributed by atoms with Crippen molar-refractivity contribution in [2.45, 2.75) is 50.7 Å². The SMILES string of the molecule is O=C(OCC1CO1)C1CCC2CC(C(=O)OCC3CO3)CCC2C1. The van der Waals surface area contributed by atoms with Gasteiger partial charge in [0.25, 0.3) is 0 Å². The second-order valence-corrected chi connectivity index (χ2v) is 7.71. The molecule has 4 aliphatic rings. The molecule has 6 heteroatoms. The van der Waals surface area contributed by atoms with E-state index in [-0.39, 0.29) is 36.0 Å². The van der Waals surface area contributed by atoms with Gasteiger partial charge in [0.1, 0.15) is 25.4 Å². The van der Waals surface area contributed by atoms with Crippen molar-refractivity contribution in [1.82, 2.24) is 0 Å². The van der Waals surface area contributed by atoms with E-state index in [0.29, 0.717) is 38.3 Å². The van der Waals surface area contributed by atoms with E-state index in [1.165, 1.54) is 0 Å². The zero-order valence-corrected chi connectivity index (χ0v) is 14.0. The van der Waals surface area contributed by atoms with Crippen LogP contribution in [0.15, 0.2) is 0 Å². The summed E-state index contributed by atoms with van der Waals surface area (Å²) in [4.78, 5) is 24.3. The van der Waals surface area contributed by atoms with Gasteiger partial charge in [-0.1, -0.05) is 0 Å². The van der Waals surface area contributed by atoms with Crippen LogP contribution in [0.3, 0.4) is 0 Å². The Bertz CT molecular complexity index is 440. The third-order valence-corrected chi connectivity index (χ3v) is 5.91. The van der Waals surface area contributed by atoms with E-state index in [0.717, 1.165) is 38.5 Å². The Morgan fingerprint density at radius 2 is 1.17 bits per heavy atom. The minimum Gasteiger partial charge on any atom is -0.463 e. The Balaban J connectivity index is 1.22. The average molecular weight is 338 g/mol. The van der Waals surface area contributed by atoms with E-state index in [1.54, 1.807) is 0 Å². The van der Waals surface area contributed by atoms with Crippen molar-refractivity contribution in [1.29, 1.82) is 0 Å². The highest BCUT2D eigenvalue weighted by Crippen LogP contribution is 2.45. The van der Waals surface area contributed by atoms with Gasteiger partial charge in [0.2, 0.25) is 0 Å². The highest BCUT2D eigenvalue weighted by Gasteiger charge is 2.41.